The second-order valence-electron chi connectivity index (χ2n) is 6.66. The topological polar surface area (TPSA) is 83.6 Å². The fraction of sp³-hybridized carbons (Fsp3) is 0.0909. The number of amides is 1. The zero-order valence-electron chi connectivity index (χ0n) is 15.8. The van der Waals surface area contributed by atoms with Gasteiger partial charge in [-0.25, -0.2) is 4.98 Å². The van der Waals surface area contributed by atoms with Crippen LogP contribution in [-0.2, 0) is 0 Å². The molecule has 0 unspecified atom stereocenters. The molecule has 0 aliphatic heterocycles. The van der Waals surface area contributed by atoms with Crippen molar-refractivity contribution in [3.63, 3.8) is 0 Å². The first-order valence-corrected chi connectivity index (χ1v) is 9.69. The number of hydrogen-bond donors (Lipinski definition) is 1. The van der Waals surface area contributed by atoms with Gasteiger partial charge < -0.3 is 5.32 Å². The predicted molar refractivity (Wildman–Crippen MR) is 115 cm³/mol. The number of halogens is 1. The number of rotatable bonds is 3. The van der Waals surface area contributed by atoms with Crippen molar-refractivity contribution in [3.05, 3.63) is 81.5 Å². The Morgan fingerprint density at radius 3 is 2.69 bits per heavy atom. The summed E-state index contributed by atoms with van der Waals surface area (Å²) in [5, 5.41) is 17.7. The summed E-state index contributed by atoms with van der Waals surface area (Å²) in [6, 6.07) is 17.0. The minimum Gasteiger partial charge on any atom is -0.305 e. The molecule has 6 nitrogen and oxygen atoms in total. The van der Waals surface area contributed by atoms with Gasteiger partial charge in [0, 0.05) is 15.4 Å². The highest BCUT2D eigenvalue weighted by Crippen LogP contribution is 2.25. The molecule has 0 fully saturated rings. The van der Waals surface area contributed by atoms with E-state index in [2.05, 4.69) is 32.4 Å². The van der Waals surface area contributed by atoms with Crippen molar-refractivity contribution in [2.24, 2.45) is 0 Å². The van der Waals surface area contributed by atoms with E-state index in [9.17, 15) is 10.1 Å². The number of anilines is 1. The van der Waals surface area contributed by atoms with E-state index in [0.717, 1.165) is 26.5 Å². The average molecular weight is 446 g/mol. The van der Waals surface area contributed by atoms with E-state index >= 15 is 0 Å². The van der Waals surface area contributed by atoms with Crippen LogP contribution in [0.5, 0.6) is 0 Å². The van der Waals surface area contributed by atoms with Crippen LogP contribution in [0, 0.1) is 25.2 Å². The van der Waals surface area contributed by atoms with Gasteiger partial charge in [-0.15, -0.1) is 0 Å². The molecule has 29 heavy (non-hydrogen) atoms. The van der Waals surface area contributed by atoms with Crippen LogP contribution in [0.25, 0.3) is 16.7 Å². The Morgan fingerprint density at radius 2 is 1.93 bits per heavy atom. The minimum atomic E-state index is -0.335. The van der Waals surface area contributed by atoms with E-state index < -0.39 is 0 Å². The Morgan fingerprint density at radius 1 is 1.14 bits per heavy atom. The summed E-state index contributed by atoms with van der Waals surface area (Å²) in [5.41, 5.74) is 3.67. The molecule has 4 aromatic rings. The van der Waals surface area contributed by atoms with Crippen molar-refractivity contribution in [1.82, 2.24) is 14.8 Å². The lowest BCUT2D eigenvalue weighted by atomic mass is 10.1. The number of fused-ring (bicyclic) bond motifs is 1. The summed E-state index contributed by atoms with van der Waals surface area (Å²) in [5.74, 6) is 0.492. The van der Waals surface area contributed by atoms with Gasteiger partial charge in [0.1, 0.15) is 11.6 Å². The van der Waals surface area contributed by atoms with Crippen LogP contribution in [-0.4, -0.2) is 20.7 Å². The summed E-state index contributed by atoms with van der Waals surface area (Å²) in [6.45, 7) is 4.00. The molecular formula is C22H16BrN5O. The van der Waals surface area contributed by atoms with E-state index in [4.69, 9.17) is 4.98 Å². The van der Waals surface area contributed by atoms with Crippen LogP contribution >= 0.6 is 15.9 Å². The molecule has 4 rings (SSSR count). The number of nitriles is 1. The first-order valence-electron chi connectivity index (χ1n) is 8.90. The summed E-state index contributed by atoms with van der Waals surface area (Å²) in [7, 11) is 0. The smallest absolute Gasteiger partial charge is 0.256 e. The molecule has 0 saturated heterocycles. The first kappa shape index (κ1) is 18.8. The van der Waals surface area contributed by atoms with Gasteiger partial charge in [-0.1, -0.05) is 40.2 Å². The number of para-hydroxylation sites is 1. The number of aromatic nitrogens is 3. The minimum absolute atomic E-state index is 0.262. The molecular weight excluding hydrogens is 430 g/mol. The Balaban J connectivity index is 1.82. The van der Waals surface area contributed by atoms with Crippen LogP contribution in [0.15, 0.2) is 59.2 Å². The van der Waals surface area contributed by atoms with Crippen LogP contribution in [0.3, 0.4) is 0 Å². The molecule has 0 saturated carbocycles. The Labute approximate surface area is 175 Å². The second-order valence-corrected chi connectivity index (χ2v) is 7.58. The number of hydrogen-bond acceptors (Lipinski definition) is 4. The fourth-order valence-electron chi connectivity index (χ4n) is 3.19. The molecule has 2 heterocycles. The number of benzene rings is 2. The van der Waals surface area contributed by atoms with Crippen molar-refractivity contribution in [2.75, 3.05) is 5.32 Å². The number of pyridine rings is 1. The van der Waals surface area contributed by atoms with Crippen molar-refractivity contribution in [3.8, 4) is 11.9 Å². The maximum absolute atomic E-state index is 12.7. The highest BCUT2D eigenvalue weighted by atomic mass is 79.9. The summed E-state index contributed by atoms with van der Waals surface area (Å²) >= 11 is 3.37. The maximum Gasteiger partial charge on any atom is 0.256 e. The second kappa shape index (κ2) is 7.49. The molecule has 2 aromatic carbocycles. The molecule has 0 bridgehead atoms. The summed E-state index contributed by atoms with van der Waals surface area (Å²) in [6.07, 6.45) is 1.43. The normalized spacial score (nSPS) is 10.7. The first-order chi connectivity index (χ1) is 14.0. The molecule has 7 heteroatoms. The van der Waals surface area contributed by atoms with Gasteiger partial charge in [0.15, 0.2) is 11.6 Å². The Hall–Kier alpha value is -3.50. The third-order valence-electron chi connectivity index (χ3n) is 4.66. The van der Waals surface area contributed by atoms with E-state index in [-0.39, 0.29) is 17.3 Å². The fourth-order valence-corrected chi connectivity index (χ4v) is 3.59. The lowest BCUT2D eigenvalue weighted by Crippen LogP contribution is -2.16. The van der Waals surface area contributed by atoms with E-state index in [1.807, 2.05) is 44.2 Å². The molecule has 0 aliphatic carbocycles. The standard InChI is InChI=1S/C22H16BrN5O/c1-13-5-3-8-18-14(2)9-19(26-20(13)18)28-21(16(11-24)12-25-28)27-22(29)15-6-4-7-17(23)10-15/h3-10,12H,1-2H3,(H,27,29). The van der Waals surface area contributed by atoms with Crippen LogP contribution in [0.4, 0.5) is 5.82 Å². The third kappa shape index (κ3) is 3.50. The predicted octanol–water partition coefficient (Wildman–Crippen LogP) is 4.92. The molecule has 142 valence electrons. The number of nitrogens with one attached hydrogen (secondary N) is 1. The number of carbonyl (C=O) groups is 1. The van der Waals surface area contributed by atoms with Crippen molar-refractivity contribution in [1.29, 1.82) is 5.26 Å². The van der Waals surface area contributed by atoms with Gasteiger partial charge in [-0.05, 0) is 49.2 Å². The zero-order valence-corrected chi connectivity index (χ0v) is 17.4. The van der Waals surface area contributed by atoms with E-state index in [1.54, 1.807) is 18.2 Å². The Kier molecular flexibility index (Phi) is 4.87. The van der Waals surface area contributed by atoms with Gasteiger partial charge >= 0.3 is 0 Å². The van der Waals surface area contributed by atoms with Crippen molar-refractivity contribution in [2.45, 2.75) is 13.8 Å². The van der Waals surface area contributed by atoms with Crippen molar-refractivity contribution >= 4 is 38.6 Å². The third-order valence-corrected chi connectivity index (χ3v) is 5.15. The summed E-state index contributed by atoms with van der Waals surface area (Å²) in [4.78, 5) is 17.5. The largest absolute Gasteiger partial charge is 0.305 e. The van der Waals surface area contributed by atoms with Gasteiger partial charge in [-0.2, -0.15) is 15.0 Å². The molecule has 0 radical (unpaired) electrons. The molecule has 0 spiro atoms. The SMILES string of the molecule is Cc1cc(-n2ncc(C#N)c2NC(=O)c2cccc(Br)c2)nc2c(C)cccc12. The van der Waals surface area contributed by atoms with Crippen LogP contribution < -0.4 is 5.32 Å². The van der Waals surface area contributed by atoms with Gasteiger partial charge in [0.2, 0.25) is 0 Å². The maximum atomic E-state index is 12.7. The molecule has 1 N–H and O–H groups in total. The van der Waals surface area contributed by atoms with Gasteiger partial charge in [-0.3, -0.25) is 4.79 Å². The highest BCUT2D eigenvalue weighted by Gasteiger charge is 2.18. The van der Waals surface area contributed by atoms with Gasteiger partial charge in [0.25, 0.3) is 5.91 Å². The average Bonchev–Trinajstić information content (AvgIpc) is 3.11. The van der Waals surface area contributed by atoms with Crippen LogP contribution in [0.1, 0.15) is 27.0 Å². The molecule has 0 atom stereocenters. The lowest BCUT2D eigenvalue weighted by molar-refractivity contribution is 0.102. The van der Waals surface area contributed by atoms with Crippen molar-refractivity contribution < 1.29 is 4.79 Å². The van der Waals surface area contributed by atoms with Crippen LogP contribution in [0.2, 0.25) is 0 Å². The number of carbonyl (C=O) groups excluding carboxylic acids is 1. The number of aryl methyl sites for hydroxylation is 2. The van der Waals surface area contributed by atoms with E-state index in [1.165, 1.54) is 10.9 Å². The molecule has 1 amide bonds. The van der Waals surface area contributed by atoms with Gasteiger partial charge in [0.05, 0.1) is 11.7 Å². The lowest BCUT2D eigenvalue weighted by Gasteiger charge is -2.12. The molecule has 0 aliphatic rings. The zero-order chi connectivity index (χ0) is 20.5. The monoisotopic (exact) mass is 445 g/mol. The Bertz CT molecular complexity index is 1300. The summed E-state index contributed by atoms with van der Waals surface area (Å²) < 4.78 is 2.29. The molecule has 2 aromatic heterocycles. The van der Waals surface area contributed by atoms with E-state index in [0.29, 0.717) is 11.4 Å². The highest BCUT2D eigenvalue weighted by molar-refractivity contribution is 9.10. The quantitative estimate of drug-likeness (QED) is 0.484. The number of nitrogens with zero attached hydrogens (tertiary/aromatic N) is 4.